The number of carbonyl (C=O) groups is 1. The second kappa shape index (κ2) is 8.52. The largest absolute Gasteiger partial charge is 0.467 e. The molecule has 1 amide bonds. The van der Waals surface area contributed by atoms with Crippen molar-refractivity contribution < 1.29 is 13.6 Å². The number of furan rings is 1. The molecular weight excluding hydrogens is 399 g/mol. The van der Waals surface area contributed by atoms with Gasteiger partial charge in [0.05, 0.1) is 28.8 Å². The first kappa shape index (κ1) is 18.7. The molecule has 26 heavy (non-hydrogen) atoms. The molecule has 0 unspecified atom stereocenters. The van der Waals surface area contributed by atoms with Crippen LogP contribution in [-0.4, -0.2) is 21.4 Å². The van der Waals surface area contributed by atoms with Gasteiger partial charge in [0.15, 0.2) is 4.34 Å². The predicted octanol–water partition coefficient (Wildman–Crippen LogP) is 4.66. The van der Waals surface area contributed by atoms with E-state index in [-0.39, 0.29) is 10.9 Å². The number of aromatic nitrogens is 2. The molecule has 2 aromatic heterocycles. The van der Waals surface area contributed by atoms with Crippen LogP contribution in [0.4, 0.5) is 15.2 Å². The monoisotopic (exact) mass is 412 g/mol. The van der Waals surface area contributed by atoms with E-state index in [1.54, 1.807) is 13.2 Å². The maximum absolute atomic E-state index is 13.1. The van der Waals surface area contributed by atoms with Crippen molar-refractivity contribution in [1.29, 1.82) is 0 Å². The fraction of sp³-hybridized carbons (Fsp3) is 0.188. The molecule has 2 heterocycles. The van der Waals surface area contributed by atoms with Gasteiger partial charge in [-0.05, 0) is 37.3 Å². The Morgan fingerprint density at radius 2 is 2.27 bits per heavy atom. The van der Waals surface area contributed by atoms with Crippen molar-refractivity contribution >= 4 is 51.4 Å². The number of hydrogen-bond acceptors (Lipinski definition) is 7. The summed E-state index contributed by atoms with van der Waals surface area (Å²) in [7, 11) is 0. The van der Waals surface area contributed by atoms with Gasteiger partial charge in [0.2, 0.25) is 11.0 Å². The number of halogens is 2. The summed E-state index contributed by atoms with van der Waals surface area (Å²) in [6.07, 6.45) is 1.60. The molecule has 0 fully saturated rings. The van der Waals surface area contributed by atoms with Gasteiger partial charge in [0.1, 0.15) is 11.6 Å². The Hall–Kier alpha value is -2.10. The van der Waals surface area contributed by atoms with Crippen LogP contribution in [0.3, 0.4) is 0 Å². The molecule has 10 heteroatoms. The zero-order chi connectivity index (χ0) is 18.5. The number of nitrogens with zero attached hydrogens (tertiary/aromatic N) is 2. The SMILES string of the molecule is C[C@H](Sc1nnc(NCc2ccco2)s1)C(=O)Nc1ccc(F)cc1Cl. The van der Waals surface area contributed by atoms with Gasteiger partial charge in [-0.2, -0.15) is 0 Å². The van der Waals surface area contributed by atoms with E-state index in [1.165, 1.54) is 35.2 Å². The van der Waals surface area contributed by atoms with Crippen LogP contribution in [0.5, 0.6) is 0 Å². The van der Waals surface area contributed by atoms with Gasteiger partial charge in [-0.1, -0.05) is 34.7 Å². The standard InChI is InChI=1S/C16H14ClFN4O2S2/c1-9(14(23)20-13-5-4-10(18)7-12(13)17)25-16-22-21-15(26-16)19-8-11-3-2-6-24-11/h2-7,9H,8H2,1H3,(H,19,21)(H,20,23)/t9-/m0/s1. The molecule has 1 atom stereocenters. The number of hydrogen-bond donors (Lipinski definition) is 2. The van der Waals surface area contributed by atoms with Crippen molar-refractivity contribution in [2.24, 2.45) is 0 Å². The number of anilines is 2. The van der Waals surface area contributed by atoms with E-state index >= 15 is 0 Å². The first-order valence-corrected chi connectivity index (χ1v) is 9.61. The maximum Gasteiger partial charge on any atom is 0.237 e. The van der Waals surface area contributed by atoms with Crippen LogP contribution in [0.25, 0.3) is 0 Å². The fourth-order valence-electron chi connectivity index (χ4n) is 1.93. The molecule has 3 rings (SSSR count). The summed E-state index contributed by atoms with van der Waals surface area (Å²) in [6, 6.07) is 7.48. The highest BCUT2D eigenvalue weighted by Gasteiger charge is 2.18. The van der Waals surface area contributed by atoms with Gasteiger partial charge >= 0.3 is 0 Å². The molecular formula is C16H14ClFN4O2S2. The lowest BCUT2D eigenvalue weighted by Crippen LogP contribution is -2.22. The second-order valence-corrected chi connectivity index (χ2v) is 8.15. The van der Waals surface area contributed by atoms with Crippen molar-refractivity contribution in [1.82, 2.24) is 10.2 Å². The molecule has 0 saturated carbocycles. The van der Waals surface area contributed by atoms with Gasteiger partial charge in [0, 0.05) is 0 Å². The Labute approximate surface area is 162 Å². The average molecular weight is 413 g/mol. The summed E-state index contributed by atoms with van der Waals surface area (Å²) in [5.74, 6) is 0.0704. The highest BCUT2D eigenvalue weighted by atomic mass is 35.5. The van der Waals surface area contributed by atoms with Crippen LogP contribution >= 0.6 is 34.7 Å². The zero-order valence-corrected chi connectivity index (χ0v) is 15.9. The lowest BCUT2D eigenvalue weighted by atomic mass is 10.3. The third kappa shape index (κ3) is 4.96. The van der Waals surface area contributed by atoms with Crippen LogP contribution < -0.4 is 10.6 Å². The van der Waals surface area contributed by atoms with E-state index in [0.717, 1.165) is 11.8 Å². The Morgan fingerprint density at radius 1 is 1.42 bits per heavy atom. The summed E-state index contributed by atoms with van der Waals surface area (Å²) in [5.41, 5.74) is 0.364. The Balaban J connectivity index is 1.53. The summed E-state index contributed by atoms with van der Waals surface area (Å²) in [4.78, 5) is 12.3. The zero-order valence-electron chi connectivity index (χ0n) is 13.5. The van der Waals surface area contributed by atoms with Crippen molar-refractivity contribution in [2.75, 3.05) is 10.6 Å². The minimum Gasteiger partial charge on any atom is -0.467 e. The van der Waals surface area contributed by atoms with Crippen molar-refractivity contribution in [2.45, 2.75) is 23.1 Å². The fourth-order valence-corrected chi connectivity index (χ4v) is 4.04. The van der Waals surface area contributed by atoms with Gasteiger partial charge in [-0.25, -0.2) is 4.39 Å². The molecule has 0 spiro atoms. The van der Waals surface area contributed by atoms with Crippen LogP contribution in [0.2, 0.25) is 5.02 Å². The first-order chi connectivity index (χ1) is 12.5. The van der Waals surface area contributed by atoms with E-state index in [4.69, 9.17) is 16.0 Å². The summed E-state index contributed by atoms with van der Waals surface area (Å²) in [5, 5.41) is 14.2. The van der Waals surface area contributed by atoms with Gasteiger partial charge in [-0.15, -0.1) is 10.2 Å². The molecule has 0 saturated heterocycles. The predicted molar refractivity (Wildman–Crippen MR) is 101 cm³/mol. The Morgan fingerprint density at radius 3 is 3.00 bits per heavy atom. The minimum absolute atomic E-state index is 0.149. The lowest BCUT2D eigenvalue weighted by Gasteiger charge is -2.11. The molecule has 0 aliphatic rings. The molecule has 0 aliphatic heterocycles. The number of thioether (sulfide) groups is 1. The third-order valence-electron chi connectivity index (χ3n) is 3.24. The average Bonchev–Trinajstić information content (AvgIpc) is 3.27. The number of nitrogens with one attached hydrogen (secondary N) is 2. The van der Waals surface area contributed by atoms with E-state index in [2.05, 4.69) is 20.8 Å². The maximum atomic E-state index is 13.1. The molecule has 6 nitrogen and oxygen atoms in total. The van der Waals surface area contributed by atoms with E-state index in [9.17, 15) is 9.18 Å². The van der Waals surface area contributed by atoms with Crippen LogP contribution in [-0.2, 0) is 11.3 Å². The number of carbonyl (C=O) groups excluding carboxylic acids is 1. The lowest BCUT2D eigenvalue weighted by molar-refractivity contribution is -0.115. The molecule has 0 bridgehead atoms. The van der Waals surface area contributed by atoms with Crippen molar-refractivity contribution in [3.05, 3.63) is 53.2 Å². The van der Waals surface area contributed by atoms with Crippen LogP contribution in [0, 0.1) is 5.82 Å². The summed E-state index contributed by atoms with van der Waals surface area (Å²) in [6.45, 7) is 2.25. The normalized spacial score (nSPS) is 12.0. The Kier molecular flexibility index (Phi) is 6.12. The molecule has 1 aromatic carbocycles. The highest BCUT2D eigenvalue weighted by Crippen LogP contribution is 2.30. The van der Waals surface area contributed by atoms with E-state index in [0.29, 0.717) is 21.7 Å². The highest BCUT2D eigenvalue weighted by molar-refractivity contribution is 8.02. The van der Waals surface area contributed by atoms with Crippen molar-refractivity contribution in [3.8, 4) is 0 Å². The van der Waals surface area contributed by atoms with E-state index in [1.807, 2.05) is 12.1 Å². The molecule has 0 radical (unpaired) electrons. The van der Waals surface area contributed by atoms with Crippen LogP contribution in [0.15, 0.2) is 45.4 Å². The number of amides is 1. The minimum atomic E-state index is -0.459. The third-order valence-corrected chi connectivity index (χ3v) is 5.61. The van der Waals surface area contributed by atoms with E-state index < -0.39 is 11.1 Å². The molecule has 2 N–H and O–H groups in total. The Bertz CT molecular complexity index is 888. The first-order valence-electron chi connectivity index (χ1n) is 7.53. The molecule has 0 aliphatic carbocycles. The smallest absolute Gasteiger partial charge is 0.237 e. The number of benzene rings is 1. The second-order valence-electron chi connectivity index (χ2n) is 5.18. The molecule has 3 aromatic rings. The molecule has 136 valence electrons. The number of rotatable bonds is 7. The van der Waals surface area contributed by atoms with Crippen LogP contribution in [0.1, 0.15) is 12.7 Å². The van der Waals surface area contributed by atoms with Gasteiger partial charge < -0.3 is 15.1 Å². The summed E-state index contributed by atoms with van der Waals surface area (Å²) < 4.78 is 18.9. The van der Waals surface area contributed by atoms with Gasteiger partial charge in [0.25, 0.3) is 0 Å². The van der Waals surface area contributed by atoms with Gasteiger partial charge in [-0.3, -0.25) is 4.79 Å². The summed E-state index contributed by atoms with van der Waals surface area (Å²) >= 11 is 8.54. The van der Waals surface area contributed by atoms with Crippen molar-refractivity contribution in [3.63, 3.8) is 0 Å². The quantitative estimate of drug-likeness (QED) is 0.549. The topological polar surface area (TPSA) is 80.1 Å².